The molecule has 0 radical (unpaired) electrons. The molecule has 2 rings (SSSR count). The molecule has 3 nitrogen and oxygen atoms in total. The zero-order chi connectivity index (χ0) is 15.8. The SMILES string of the molecule is CC1(C)OB(C(=Cc2c(F)cccc2F)CN)OC1(C)C. The summed E-state index contributed by atoms with van der Waals surface area (Å²) in [6.45, 7) is 7.72. The second kappa shape index (κ2) is 5.52. The van der Waals surface area contributed by atoms with Crippen molar-refractivity contribution in [1.29, 1.82) is 0 Å². The molecule has 1 heterocycles. The Morgan fingerprint density at radius 1 is 1.14 bits per heavy atom. The number of nitrogens with two attached hydrogens (primary N) is 1. The molecule has 0 spiro atoms. The van der Waals surface area contributed by atoms with Crippen LogP contribution in [-0.4, -0.2) is 24.9 Å². The molecule has 0 aliphatic carbocycles. The lowest BCUT2D eigenvalue weighted by molar-refractivity contribution is 0.00578. The Hall–Kier alpha value is -1.24. The molecule has 1 fully saturated rings. The van der Waals surface area contributed by atoms with Crippen LogP contribution >= 0.6 is 0 Å². The molecule has 0 saturated carbocycles. The number of rotatable bonds is 3. The van der Waals surface area contributed by atoms with Crippen molar-refractivity contribution in [1.82, 2.24) is 0 Å². The van der Waals surface area contributed by atoms with Crippen molar-refractivity contribution in [3.63, 3.8) is 0 Å². The third-order valence-corrected chi connectivity index (χ3v) is 4.12. The van der Waals surface area contributed by atoms with E-state index in [2.05, 4.69) is 0 Å². The molecular weight excluding hydrogens is 275 g/mol. The van der Waals surface area contributed by atoms with Gasteiger partial charge in [0.25, 0.3) is 0 Å². The van der Waals surface area contributed by atoms with E-state index in [-0.39, 0.29) is 12.1 Å². The average Bonchev–Trinajstić information content (AvgIpc) is 2.58. The molecule has 1 aliphatic heterocycles. The number of hydrogen-bond acceptors (Lipinski definition) is 3. The molecule has 21 heavy (non-hydrogen) atoms. The standard InChI is InChI=1S/C15H20BF2NO2/c1-14(2)15(3,4)21-16(20-14)10(9-19)8-11-12(17)6-5-7-13(11)18/h5-8H,9,19H2,1-4H3. The van der Waals surface area contributed by atoms with Gasteiger partial charge in [-0.2, -0.15) is 0 Å². The largest absolute Gasteiger partial charge is 0.491 e. The van der Waals surface area contributed by atoms with Gasteiger partial charge in [0.2, 0.25) is 0 Å². The van der Waals surface area contributed by atoms with Crippen molar-refractivity contribution >= 4 is 13.2 Å². The summed E-state index contributed by atoms with van der Waals surface area (Å²) < 4.78 is 39.2. The summed E-state index contributed by atoms with van der Waals surface area (Å²) in [6.07, 6.45) is 1.37. The normalized spacial score (nSPS) is 20.9. The summed E-state index contributed by atoms with van der Waals surface area (Å²) in [7, 11) is -0.709. The Kier molecular flexibility index (Phi) is 4.24. The zero-order valence-corrected chi connectivity index (χ0v) is 12.7. The molecular formula is C15H20BF2NO2. The second-order valence-electron chi connectivity index (χ2n) is 6.15. The minimum absolute atomic E-state index is 0.0879. The van der Waals surface area contributed by atoms with E-state index < -0.39 is 30.0 Å². The molecule has 1 saturated heterocycles. The first-order chi connectivity index (χ1) is 9.68. The van der Waals surface area contributed by atoms with Gasteiger partial charge in [0.05, 0.1) is 11.2 Å². The van der Waals surface area contributed by atoms with Crippen molar-refractivity contribution in [2.45, 2.75) is 38.9 Å². The fourth-order valence-corrected chi connectivity index (χ4v) is 2.05. The van der Waals surface area contributed by atoms with Gasteiger partial charge in [0.1, 0.15) is 11.6 Å². The Morgan fingerprint density at radius 3 is 2.05 bits per heavy atom. The van der Waals surface area contributed by atoms with E-state index in [0.717, 1.165) is 0 Å². The lowest BCUT2D eigenvalue weighted by atomic mass is 9.77. The van der Waals surface area contributed by atoms with Crippen LogP contribution < -0.4 is 5.73 Å². The lowest BCUT2D eigenvalue weighted by Gasteiger charge is -2.32. The Morgan fingerprint density at radius 2 is 1.62 bits per heavy atom. The maximum atomic E-state index is 13.7. The zero-order valence-electron chi connectivity index (χ0n) is 12.7. The van der Waals surface area contributed by atoms with Gasteiger partial charge >= 0.3 is 7.12 Å². The van der Waals surface area contributed by atoms with Gasteiger partial charge in [-0.15, -0.1) is 0 Å². The van der Waals surface area contributed by atoms with Crippen molar-refractivity contribution in [2.24, 2.45) is 5.73 Å². The highest BCUT2D eigenvalue weighted by molar-refractivity contribution is 6.55. The third-order valence-electron chi connectivity index (χ3n) is 4.12. The summed E-state index contributed by atoms with van der Waals surface area (Å²) in [5, 5.41) is 0. The molecule has 114 valence electrons. The van der Waals surface area contributed by atoms with E-state index in [4.69, 9.17) is 15.0 Å². The fourth-order valence-electron chi connectivity index (χ4n) is 2.05. The van der Waals surface area contributed by atoms with Crippen LogP contribution in [0.1, 0.15) is 33.3 Å². The van der Waals surface area contributed by atoms with Crippen LogP contribution in [0.2, 0.25) is 0 Å². The van der Waals surface area contributed by atoms with E-state index in [1.807, 2.05) is 27.7 Å². The van der Waals surface area contributed by atoms with Crippen LogP contribution in [-0.2, 0) is 9.31 Å². The first-order valence-electron chi connectivity index (χ1n) is 6.88. The van der Waals surface area contributed by atoms with Gasteiger partial charge in [-0.3, -0.25) is 0 Å². The van der Waals surface area contributed by atoms with Crippen molar-refractivity contribution < 1.29 is 18.1 Å². The summed E-state index contributed by atoms with van der Waals surface area (Å²) in [5.74, 6) is -1.28. The highest BCUT2D eigenvalue weighted by Gasteiger charge is 2.52. The smallest absolute Gasteiger partial charge is 0.400 e. The molecule has 0 amide bonds. The molecule has 0 atom stereocenters. The monoisotopic (exact) mass is 295 g/mol. The van der Waals surface area contributed by atoms with Gasteiger partial charge in [0, 0.05) is 12.1 Å². The van der Waals surface area contributed by atoms with E-state index in [9.17, 15) is 8.78 Å². The predicted molar refractivity (Wildman–Crippen MR) is 79.5 cm³/mol. The van der Waals surface area contributed by atoms with Crippen LogP contribution in [0, 0.1) is 11.6 Å². The first-order valence-corrected chi connectivity index (χ1v) is 6.88. The van der Waals surface area contributed by atoms with Crippen molar-refractivity contribution in [2.75, 3.05) is 6.54 Å². The maximum absolute atomic E-state index is 13.7. The van der Waals surface area contributed by atoms with Crippen LogP contribution in [0.4, 0.5) is 8.78 Å². The minimum Gasteiger partial charge on any atom is -0.400 e. The number of halogens is 2. The molecule has 1 aromatic carbocycles. The average molecular weight is 295 g/mol. The summed E-state index contributed by atoms with van der Waals surface area (Å²) in [4.78, 5) is 0. The maximum Gasteiger partial charge on any atom is 0.491 e. The fraction of sp³-hybridized carbons (Fsp3) is 0.467. The second-order valence-corrected chi connectivity index (χ2v) is 6.15. The van der Waals surface area contributed by atoms with E-state index >= 15 is 0 Å². The first kappa shape index (κ1) is 16.1. The lowest BCUT2D eigenvalue weighted by Crippen LogP contribution is -2.41. The quantitative estimate of drug-likeness (QED) is 0.872. The molecule has 0 unspecified atom stereocenters. The van der Waals surface area contributed by atoms with Gasteiger partial charge in [-0.25, -0.2) is 8.78 Å². The van der Waals surface area contributed by atoms with Crippen LogP contribution in [0.25, 0.3) is 6.08 Å². The van der Waals surface area contributed by atoms with E-state index in [1.165, 1.54) is 24.3 Å². The molecule has 2 N–H and O–H groups in total. The van der Waals surface area contributed by atoms with Crippen molar-refractivity contribution in [3.8, 4) is 0 Å². The highest BCUT2D eigenvalue weighted by Crippen LogP contribution is 2.38. The van der Waals surface area contributed by atoms with Gasteiger partial charge in [-0.05, 0) is 45.3 Å². The Bertz CT molecular complexity index is 537. The highest BCUT2D eigenvalue weighted by atomic mass is 19.1. The number of hydrogen-bond donors (Lipinski definition) is 1. The summed E-state index contributed by atoms with van der Waals surface area (Å²) in [6, 6.07) is 3.72. The van der Waals surface area contributed by atoms with Gasteiger partial charge in [-0.1, -0.05) is 12.1 Å². The Labute approximate surface area is 124 Å². The molecule has 0 aromatic heterocycles. The molecule has 1 aromatic rings. The van der Waals surface area contributed by atoms with E-state index in [1.54, 1.807) is 0 Å². The van der Waals surface area contributed by atoms with Crippen molar-refractivity contribution in [3.05, 3.63) is 40.9 Å². The number of benzene rings is 1. The van der Waals surface area contributed by atoms with Crippen LogP contribution in [0.15, 0.2) is 23.7 Å². The Balaban J connectivity index is 2.36. The van der Waals surface area contributed by atoms with Gasteiger partial charge < -0.3 is 15.0 Å². The molecule has 0 bridgehead atoms. The summed E-state index contributed by atoms with van der Waals surface area (Å²) in [5.41, 5.74) is 5.01. The third kappa shape index (κ3) is 3.02. The van der Waals surface area contributed by atoms with Crippen LogP contribution in [0.5, 0.6) is 0 Å². The van der Waals surface area contributed by atoms with E-state index in [0.29, 0.717) is 5.47 Å². The summed E-state index contributed by atoms with van der Waals surface area (Å²) >= 11 is 0. The molecule has 1 aliphatic rings. The predicted octanol–water partition coefficient (Wildman–Crippen LogP) is 2.94. The van der Waals surface area contributed by atoms with Gasteiger partial charge in [0.15, 0.2) is 0 Å². The minimum atomic E-state index is -0.709. The topological polar surface area (TPSA) is 44.5 Å². The molecule has 6 heteroatoms. The van der Waals surface area contributed by atoms with Crippen LogP contribution in [0.3, 0.4) is 0 Å².